The molecule has 0 amide bonds. The number of aryl methyl sites for hydroxylation is 1. The van der Waals surface area contributed by atoms with Gasteiger partial charge in [-0.15, -0.1) is 0 Å². The Morgan fingerprint density at radius 1 is 0.943 bits per heavy atom. The van der Waals surface area contributed by atoms with Crippen molar-refractivity contribution in [1.29, 1.82) is 0 Å². The van der Waals surface area contributed by atoms with E-state index in [1.807, 2.05) is 41.9 Å². The Hall–Kier alpha value is -4.33. The van der Waals surface area contributed by atoms with Gasteiger partial charge < -0.3 is 19.5 Å². The largest absolute Gasteiger partial charge is 0.493 e. The number of fused-ring (bicyclic) bond motifs is 3. The molecule has 2 aliphatic heterocycles. The van der Waals surface area contributed by atoms with Crippen molar-refractivity contribution < 1.29 is 18.6 Å². The number of hydrogen-bond acceptors (Lipinski definition) is 6. The zero-order valence-corrected chi connectivity index (χ0v) is 19.4. The monoisotopic (exact) mass is 470 g/mol. The summed E-state index contributed by atoms with van der Waals surface area (Å²) in [5.74, 6) is 2.31. The lowest BCUT2D eigenvalue weighted by atomic mass is 9.84. The zero-order chi connectivity index (χ0) is 24.1. The van der Waals surface area contributed by atoms with E-state index in [-0.39, 0.29) is 11.9 Å². The maximum Gasteiger partial charge on any atom is 0.226 e. The Balaban J connectivity index is 1.61. The van der Waals surface area contributed by atoms with Crippen LogP contribution in [0, 0.1) is 12.7 Å². The number of nitrogens with one attached hydrogen (secondary N) is 1. The number of benzene rings is 3. The molecule has 4 aromatic rings. The van der Waals surface area contributed by atoms with E-state index in [4.69, 9.17) is 14.2 Å². The number of nitrogens with zero attached hydrogens (tertiary/aromatic N) is 3. The molecule has 0 spiro atoms. The Bertz CT molecular complexity index is 1460. The van der Waals surface area contributed by atoms with E-state index in [2.05, 4.69) is 21.5 Å². The van der Waals surface area contributed by atoms with Crippen molar-refractivity contribution in [2.24, 2.45) is 0 Å². The van der Waals surface area contributed by atoms with E-state index < -0.39 is 6.10 Å². The summed E-state index contributed by atoms with van der Waals surface area (Å²) in [4.78, 5) is 4.44. The lowest BCUT2D eigenvalue weighted by Gasteiger charge is -2.39. The van der Waals surface area contributed by atoms with Crippen LogP contribution >= 0.6 is 0 Å². The van der Waals surface area contributed by atoms with Crippen LogP contribution in [0.5, 0.6) is 17.2 Å². The molecule has 1 aromatic heterocycles. The summed E-state index contributed by atoms with van der Waals surface area (Å²) in [6, 6.07) is 18.0. The van der Waals surface area contributed by atoms with E-state index in [1.54, 1.807) is 26.4 Å². The van der Waals surface area contributed by atoms with Crippen LogP contribution < -0.4 is 19.5 Å². The van der Waals surface area contributed by atoms with E-state index in [0.717, 1.165) is 39.3 Å². The fourth-order valence-electron chi connectivity index (χ4n) is 4.84. The van der Waals surface area contributed by atoms with Crippen LogP contribution in [-0.2, 0) is 0 Å². The molecule has 35 heavy (non-hydrogen) atoms. The first kappa shape index (κ1) is 21.2. The van der Waals surface area contributed by atoms with Crippen LogP contribution in [-0.4, -0.2) is 29.0 Å². The van der Waals surface area contributed by atoms with Crippen LogP contribution in [0.2, 0.25) is 0 Å². The van der Waals surface area contributed by atoms with Crippen molar-refractivity contribution in [3.05, 3.63) is 101 Å². The minimum absolute atomic E-state index is 0.298. The second kappa shape index (κ2) is 8.16. The third-order valence-electron chi connectivity index (χ3n) is 6.47. The lowest BCUT2D eigenvalue weighted by molar-refractivity contribution is 0.222. The maximum atomic E-state index is 13.9. The number of rotatable bonds is 4. The predicted molar refractivity (Wildman–Crippen MR) is 129 cm³/mol. The lowest BCUT2D eigenvalue weighted by Crippen LogP contribution is -2.32. The molecule has 8 heteroatoms. The Labute approximate surface area is 201 Å². The fourth-order valence-corrected chi connectivity index (χ4v) is 4.84. The second-order valence-corrected chi connectivity index (χ2v) is 8.55. The highest BCUT2D eigenvalue weighted by Crippen LogP contribution is 2.51. The normalized spacial score (nSPS) is 18.1. The van der Waals surface area contributed by atoms with Crippen LogP contribution in [0.25, 0.3) is 5.70 Å². The molecule has 3 heterocycles. The van der Waals surface area contributed by atoms with Gasteiger partial charge in [-0.25, -0.2) is 9.07 Å². The van der Waals surface area contributed by atoms with Crippen molar-refractivity contribution in [1.82, 2.24) is 14.8 Å². The van der Waals surface area contributed by atoms with Gasteiger partial charge >= 0.3 is 0 Å². The van der Waals surface area contributed by atoms with E-state index in [1.165, 1.54) is 18.5 Å². The van der Waals surface area contributed by atoms with Crippen molar-refractivity contribution >= 4 is 11.6 Å². The minimum atomic E-state index is -0.472. The number of anilines is 1. The zero-order valence-electron chi connectivity index (χ0n) is 19.4. The van der Waals surface area contributed by atoms with Gasteiger partial charge in [0.25, 0.3) is 0 Å². The molecular formula is C27H23FN4O3. The van der Waals surface area contributed by atoms with Gasteiger partial charge in [-0.1, -0.05) is 29.8 Å². The van der Waals surface area contributed by atoms with Crippen LogP contribution in [0.15, 0.2) is 72.6 Å². The standard InChI is InChI=1S/C27H23FN4O3/c1-15-4-10-20-19(12-15)24-23(26(35-20)17-7-11-21(33-2)22(13-17)34-3)25(16-5-8-18(28)9-6-16)32-27(31-24)29-14-30-32/h4-14,25-26H,1-3H3,(H,29,30,31)/t25-,26-/m1/s1. The highest BCUT2D eigenvalue weighted by molar-refractivity contribution is 5.85. The number of halogens is 1. The van der Waals surface area contributed by atoms with Crippen LogP contribution in [0.3, 0.4) is 0 Å². The first-order valence-electron chi connectivity index (χ1n) is 11.2. The first-order valence-corrected chi connectivity index (χ1v) is 11.2. The first-order chi connectivity index (χ1) is 17.1. The molecule has 3 aromatic carbocycles. The highest BCUT2D eigenvalue weighted by atomic mass is 19.1. The van der Waals surface area contributed by atoms with Gasteiger partial charge in [-0.05, 0) is 48.9 Å². The summed E-state index contributed by atoms with van der Waals surface area (Å²) in [6.45, 7) is 2.05. The topological polar surface area (TPSA) is 70.4 Å². The van der Waals surface area contributed by atoms with Gasteiger partial charge in [0.15, 0.2) is 11.5 Å². The summed E-state index contributed by atoms with van der Waals surface area (Å²) >= 11 is 0. The van der Waals surface area contributed by atoms with Crippen LogP contribution in [0.1, 0.15) is 34.4 Å². The third kappa shape index (κ3) is 3.41. The average molecular weight is 471 g/mol. The van der Waals surface area contributed by atoms with Crippen molar-refractivity contribution in [3.63, 3.8) is 0 Å². The Morgan fingerprint density at radius 2 is 1.71 bits per heavy atom. The third-order valence-corrected chi connectivity index (χ3v) is 6.47. The molecule has 0 radical (unpaired) electrons. The fraction of sp³-hybridized carbons (Fsp3) is 0.185. The molecule has 0 aliphatic carbocycles. The maximum absolute atomic E-state index is 13.9. The SMILES string of the molecule is COc1ccc([C@H]2Oc3ccc(C)cc3C3=C2[C@@H](c2ccc(F)cc2)n2ncnc2N3)cc1OC. The summed E-state index contributed by atoms with van der Waals surface area (Å²) in [7, 11) is 3.22. The highest BCUT2D eigenvalue weighted by Gasteiger charge is 2.41. The van der Waals surface area contributed by atoms with Gasteiger partial charge in [0, 0.05) is 16.7 Å². The minimum Gasteiger partial charge on any atom is -0.493 e. The molecular weight excluding hydrogens is 447 g/mol. The molecule has 7 nitrogen and oxygen atoms in total. The van der Waals surface area contributed by atoms with E-state index >= 15 is 0 Å². The van der Waals surface area contributed by atoms with Gasteiger partial charge in [-0.2, -0.15) is 10.1 Å². The molecule has 0 saturated heterocycles. The van der Waals surface area contributed by atoms with E-state index in [0.29, 0.717) is 17.4 Å². The number of aromatic nitrogens is 3. The van der Waals surface area contributed by atoms with Crippen molar-refractivity contribution in [3.8, 4) is 17.2 Å². The van der Waals surface area contributed by atoms with E-state index in [9.17, 15) is 4.39 Å². The molecule has 0 bridgehead atoms. The number of methoxy groups -OCH3 is 2. The summed E-state index contributed by atoms with van der Waals surface area (Å²) < 4.78 is 33.3. The Kier molecular flexibility index (Phi) is 4.95. The quantitative estimate of drug-likeness (QED) is 0.436. The van der Waals surface area contributed by atoms with Crippen molar-refractivity contribution in [2.45, 2.75) is 19.1 Å². The smallest absolute Gasteiger partial charge is 0.226 e. The number of hydrogen-bond donors (Lipinski definition) is 1. The second-order valence-electron chi connectivity index (χ2n) is 8.55. The molecule has 0 unspecified atom stereocenters. The Morgan fingerprint density at radius 3 is 2.49 bits per heavy atom. The molecule has 0 saturated carbocycles. The van der Waals surface area contributed by atoms with Gasteiger partial charge in [0.2, 0.25) is 5.95 Å². The molecule has 176 valence electrons. The van der Waals surface area contributed by atoms with Crippen molar-refractivity contribution in [2.75, 3.05) is 19.5 Å². The van der Waals surface area contributed by atoms with Gasteiger partial charge in [0.1, 0.15) is 30.0 Å². The molecule has 6 rings (SSSR count). The summed E-state index contributed by atoms with van der Waals surface area (Å²) in [5.41, 5.74) is 5.66. The molecule has 0 fully saturated rings. The summed E-state index contributed by atoms with van der Waals surface area (Å²) in [6.07, 6.45) is 1.04. The van der Waals surface area contributed by atoms with Gasteiger partial charge in [0.05, 0.1) is 19.9 Å². The predicted octanol–water partition coefficient (Wildman–Crippen LogP) is 5.30. The molecule has 2 aliphatic rings. The number of ether oxygens (including phenoxy) is 3. The summed E-state index contributed by atoms with van der Waals surface area (Å²) in [5, 5.41) is 7.99. The molecule has 2 atom stereocenters. The molecule has 1 N–H and O–H groups in total. The van der Waals surface area contributed by atoms with Crippen LogP contribution in [0.4, 0.5) is 10.3 Å². The van der Waals surface area contributed by atoms with Gasteiger partial charge in [-0.3, -0.25) is 0 Å². The average Bonchev–Trinajstić information content (AvgIpc) is 3.35.